The van der Waals surface area contributed by atoms with Gasteiger partial charge in [-0.1, -0.05) is 49.4 Å². The monoisotopic (exact) mass is 294 g/mol. The van der Waals surface area contributed by atoms with E-state index in [1.54, 1.807) is 0 Å². The molecule has 0 spiro atoms. The smallest absolute Gasteiger partial charge is 0.124 e. The van der Waals surface area contributed by atoms with E-state index < -0.39 is 0 Å². The highest BCUT2D eigenvalue weighted by Gasteiger charge is 2.19. The van der Waals surface area contributed by atoms with Crippen molar-refractivity contribution in [3.05, 3.63) is 65.7 Å². The van der Waals surface area contributed by atoms with Gasteiger partial charge in [-0.15, -0.1) is 0 Å². The second-order valence-corrected chi connectivity index (χ2v) is 5.09. The van der Waals surface area contributed by atoms with Gasteiger partial charge in [-0.2, -0.15) is 5.26 Å². The molecule has 0 heterocycles. The van der Waals surface area contributed by atoms with Crippen molar-refractivity contribution in [3.63, 3.8) is 0 Å². The van der Waals surface area contributed by atoms with E-state index in [1.807, 2.05) is 49.4 Å². The van der Waals surface area contributed by atoms with E-state index in [2.05, 4.69) is 30.0 Å². The molecule has 0 aliphatic carbocycles. The van der Waals surface area contributed by atoms with E-state index in [4.69, 9.17) is 4.74 Å². The molecule has 0 amide bonds. The maximum Gasteiger partial charge on any atom is 0.124 e. The number of benzene rings is 2. The summed E-state index contributed by atoms with van der Waals surface area (Å²) in [6, 6.07) is 20.2. The van der Waals surface area contributed by atoms with E-state index >= 15 is 0 Å². The van der Waals surface area contributed by atoms with Crippen molar-refractivity contribution in [2.45, 2.75) is 26.4 Å². The lowest BCUT2D eigenvalue weighted by Gasteiger charge is -2.26. The lowest BCUT2D eigenvalue weighted by molar-refractivity contribution is 0.239. The van der Waals surface area contributed by atoms with Gasteiger partial charge in [-0.05, 0) is 36.7 Å². The molecule has 0 fully saturated rings. The van der Waals surface area contributed by atoms with Gasteiger partial charge in [0.2, 0.25) is 0 Å². The molecular formula is C19H22N2O. The molecule has 22 heavy (non-hydrogen) atoms. The van der Waals surface area contributed by atoms with Gasteiger partial charge in [-0.3, -0.25) is 4.90 Å². The highest BCUT2D eigenvalue weighted by molar-refractivity contribution is 5.33. The average molecular weight is 294 g/mol. The Hall–Kier alpha value is -2.31. The van der Waals surface area contributed by atoms with E-state index in [9.17, 15) is 5.26 Å². The fraction of sp³-hybridized carbons (Fsp3) is 0.316. The van der Waals surface area contributed by atoms with E-state index in [-0.39, 0.29) is 6.04 Å². The molecule has 0 aromatic heterocycles. The third-order valence-corrected chi connectivity index (χ3v) is 3.61. The zero-order valence-corrected chi connectivity index (χ0v) is 13.2. The minimum Gasteiger partial charge on any atom is -0.494 e. The van der Waals surface area contributed by atoms with Crippen molar-refractivity contribution in [1.82, 2.24) is 4.90 Å². The molecule has 3 heteroatoms. The van der Waals surface area contributed by atoms with Gasteiger partial charge < -0.3 is 4.74 Å². The standard InChI is InChI=1S/C19H22N2O/c1-3-21(15-16-9-6-5-7-10-16)19(14-20)17-11-8-12-18(13-17)22-4-2/h5-13,19H,3-4,15H2,1-2H3. The highest BCUT2D eigenvalue weighted by atomic mass is 16.5. The summed E-state index contributed by atoms with van der Waals surface area (Å²) in [6.07, 6.45) is 0. The molecule has 1 unspecified atom stereocenters. The predicted molar refractivity (Wildman–Crippen MR) is 88.5 cm³/mol. The van der Waals surface area contributed by atoms with Crippen LogP contribution in [0.5, 0.6) is 5.75 Å². The molecule has 2 aromatic rings. The van der Waals surface area contributed by atoms with Crippen LogP contribution in [0, 0.1) is 11.3 Å². The summed E-state index contributed by atoms with van der Waals surface area (Å²) >= 11 is 0. The number of ether oxygens (including phenoxy) is 1. The van der Waals surface area contributed by atoms with Crippen molar-refractivity contribution in [1.29, 1.82) is 5.26 Å². The quantitative estimate of drug-likeness (QED) is 0.769. The Bertz CT molecular complexity index is 619. The van der Waals surface area contributed by atoms with Crippen molar-refractivity contribution < 1.29 is 4.74 Å². The van der Waals surface area contributed by atoms with Crippen LogP contribution in [0.1, 0.15) is 31.0 Å². The molecular weight excluding hydrogens is 272 g/mol. The van der Waals surface area contributed by atoms with Crippen LogP contribution < -0.4 is 4.74 Å². The predicted octanol–water partition coefficient (Wildman–Crippen LogP) is 4.17. The Morgan fingerprint density at radius 3 is 2.50 bits per heavy atom. The summed E-state index contributed by atoms with van der Waals surface area (Å²) in [5, 5.41) is 9.65. The van der Waals surface area contributed by atoms with Crippen molar-refractivity contribution in [3.8, 4) is 11.8 Å². The molecule has 0 aliphatic rings. The highest BCUT2D eigenvalue weighted by Crippen LogP contribution is 2.25. The second-order valence-electron chi connectivity index (χ2n) is 5.09. The first-order chi connectivity index (χ1) is 10.8. The van der Waals surface area contributed by atoms with Gasteiger partial charge in [0.15, 0.2) is 0 Å². The number of nitriles is 1. The third kappa shape index (κ3) is 4.09. The molecule has 1 atom stereocenters. The Kier molecular flexibility index (Phi) is 6.00. The Labute approximate surface area is 132 Å². The largest absolute Gasteiger partial charge is 0.494 e. The van der Waals surface area contributed by atoms with E-state index in [1.165, 1.54) is 5.56 Å². The van der Waals surface area contributed by atoms with Gasteiger partial charge in [-0.25, -0.2) is 0 Å². The molecule has 2 rings (SSSR count). The van der Waals surface area contributed by atoms with E-state index in [0.29, 0.717) is 6.61 Å². The third-order valence-electron chi connectivity index (χ3n) is 3.61. The van der Waals surface area contributed by atoms with Crippen molar-refractivity contribution >= 4 is 0 Å². The lowest BCUT2D eigenvalue weighted by Crippen LogP contribution is -2.27. The van der Waals surface area contributed by atoms with Gasteiger partial charge in [0.25, 0.3) is 0 Å². The number of hydrogen-bond donors (Lipinski definition) is 0. The molecule has 0 saturated carbocycles. The average Bonchev–Trinajstić information content (AvgIpc) is 2.56. The maximum absolute atomic E-state index is 9.65. The van der Waals surface area contributed by atoms with Gasteiger partial charge in [0.1, 0.15) is 11.8 Å². The van der Waals surface area contributed by atoms with Crippen LogP contribution in [0.15, 0.2) is 54.6 Å². The second kappa shape index (κ2) is 8.21. The van der Waals surface area contributed by atoms with E-state index in [0.717, 1.165) is 24.4 Å². The van der Waals surface area contributed by atoms with Crippen LogP contribution in [0.2, 0.25) is 0 Å². The molecule has 0 radical (unpaired) electrons. The Morgan fingerprint density at radius 2 is 1.86 bits per heavy atom. The SMILES string of the molecule is CCOc1cccc(C(C#N)N(CC)Cc2ccccc2)c1. The summed E-state index contributed by atoms with van der Waals surface area (Å²) < 4.78 is 5.54. The van der Waals surface area contributed by atoms with Crippen molar-refractivity contribution in [2.24, 2.45) is 0 Å². The lowest BCUT2D eigenvalue weighted by atomic mass is 10.0. The summed E-state index contributed by atoms with van der Waals surface area (Å²) in [7, 11) is 0. The Balaban J connectivity index is 2.21. The van der Waals surface area contributed by atoms with Gasteiger partial charge in [0.05, 0.1) is 12.7 Å². The fourth-order valence-electron chi connectivity index (χ4n) is 2.51. The first kappa shape index (κ1) is 16.1. The zero-order valence-electron chi connectivity index (χ0n) is 13.2. The molecule has 2 aromatic carbocycles. The molecule has 0 bridgehead atoms. The molecule has 0 aliphatic heterocycles. The molecule has 0 N–H and O–H groups in total. The zero-order chi connectivity index (χ0) is 15.8. The first-order valence-electron chi connectivity index (χ1n) is 7.68. The summed E-state index contributed by atoms with van der Waals surface area (Å²) in [5.74, 6) is 0.816. The van der Waals surface area contributed by atoms with Crippen LogP contribution in [0.25, 0.3) is 0 Å². The summed E-state index contributed by atoms with van der Waals surface area (Å²) in [4.78, 5) is 2.17. The minimum atomic E-state index is -0.273. The number of nitrogens with zero attached hydrogens (tertiary/aromatic N) is 2. The number of hydrogen-bond acceptors (Lipinski definition) is 3. The van der Waals surface area contributed by atoms with Crippen LogP contribution in [-0.4, -0.2) is 18.1 Å². The Morgan fingerprint density at radius 1 is 1.09 bits per heavy atom. The van der Waals surface area contributed by atoms with Crippen LogP contribution in [-0.2, 0) is 6.54 Å². The van der Waals surface area contributed by atoms with Crippen LogP contribution in [0.4, 0.5) is 0 Å². The number of rotatable bonds is 7. The fourth-order valence-corrected chi connectivity index (χ4v) is 2.51. The summed E-state index contributed by atoms with van der Waals surface area (Å²) in [5.41, 5.74) is 2.19. The first-order valence-corrected chi connectivity index (χ1v) is 7.68. The van der Waals surface area contributed by atoms with Gasteiger partial charge >= 0.3 is 0 Å². The minimum absolute atomic E-state index is 0.273. The van der Waals surface area contributed by atoms with Crippen LogP contribution in [0.3, 0.4) is 0 Å². The normalized spacial score (nSPS) is 11.9. The molecule has 3 nitrogen and oxygen atoms in total. The van der Waals surface area contributed by atoms with Gasteiger partial charge in [0, 0.05) is 6.54 Å². The molecule has 0 saturated heterocycles. The topological polar surface area (TPSA) is 36.3 Å². The summed E-state index contributed by atoms with van der Waals surface area (Å²) in [6.45, 7) is 6.24. The van der Waals surface area contributed by atoms with Crippen LogP contribution >= 0.6 is 0 Å². The maximum atomic E-state index is 9.65. The molecule has 114 valence electrons. The van der Waals surface area contributed by atoms with Crippen molar-refractivity contribution in [2.75, 3.05) is 13.2 Å².